The van der Waals surface area contributed by atoms with Gasteiger partial charge in [0.15, 0.2) is 0 Å². The molecule has 0 unspecified atom stereocenters. The second kappa shape index (κ2) is 4.81. The molecular weight excluding hydrogens is 200 g/mol. The normalized spacial score (nSPS) is 9.60. The zero-order chi connectivity index (χ0) is 6.85. The predicted molar refractivity (Wildman–Crippen MR) is 34.2 cm³/mol. The van der Waals surface area contributed by atoms with Crippen molar-refractivity contribution < 1.29 is 62.7 Å². The molecule has 10 heavy (non-hydrogen) atoms. The summed E-state index contributed by atoms with van der Waals surface area (Å²) in [7, 11) is 0. The Labute approximate surface area is 110 Å². The zero-order valence-electron chi connectivity index (χ0n) is 6.93. The second-order valence-electron chi connectivity index (χ2n) is 2.44. The Morgan fingerprint density at radius 2 is 2.10 bits per heavy atom. The molecule has 0 saturated carbocycles. The van der Waals surface area contributed by atoms with E-state index in [2.05, 4.69) is 25.2 Å². The van der Waals surface area contributed by atoms with E-state index >= 15 is 0 Å². The molecule has 2 nitrogen and oxygen atoms in total. The molecule has 0 aliphatic heterocycles. The topological polar surface area (TPSA) is 26.0 Å². The Morgan fingerprint density at radius 1 is 1.50 bits per heavy atom. The summed E-state index contributed by atoms with van der Waals surface area (Å²) in [6.07, 6.45) is 2.73. The fourth-order valence-corrected chi connectivity index (χ4v) is 0.802. The predicted octanol–water partition coefficient (Wildman–Crippen LogP) is -1.09. The first-order valence-corrected chi connectivity index (χ1v) is 3.05. The molecule has 0 saturated heterocycles. The molecule has 0 aliphatic rings. The van der Waals surface area contributed by atoms with E-state index in [-0.39, 0.29) is 58.2 Å². The molecule has 1 rings (SSSR count). The van der Waals surface area contributed by atoms with Crippen molar-refractivity contribution in [1.82, 2.24) is 5.16 Å². The summed E-state index contributed by atoms with van der Waals surface area (Å²) in [5.74, 6) is 1.36. The molecule has 0 fully saturated rings. The number of hydrogen-bond acceptors (Lipinski definition) is 2. The maximum atomic E-state index is 4.92. The quantitative estimate of drug-likeness (QED) is 0.550. The van der Waals surface area contributed by atoms with E-state index in [4.69, 9.17) is 4.52 Å². The van der Waals surface area contributed by atoms with Crippen LogP contribution < -0.4 is 58.2 Å². The molecule has 0 aromatic carbocycles. The molecule has 0 bridgehead atoms. The van der Waals surface area contributed by atoms with Gasteiger partial charge in [0.25, 0.3) is 0 Å². The molecule has 0 amide bonds. The van der Waals surface area contributed by atoms with Crippen molar-refractivity contribution in [2.45, 2.75) is 26.7 Å². The van der Waals surface area contributed by atoms with Gasteiger partial charge in [-0.3, -0.25) is 0 Å². The maximum absolute atomic E-state index is 4.92. The van der Waals surface area contributed by atoms with Crippen LogP contribution in [0.2, 0.25) is 0 Å². The minimum Gasteiger partial charge on any atom is -0.470 e. The Balaban J connectivity index is 0.000000810. The van der Waals surface area contributed by atoms with E-state index in [1.54, 1.807) is 0 Å². The fourth-order valence-electron chi connectivity index (χ4n) is 0.802. The largest absolute Gasteiger partial charge is 1.00 e. The standard InChI is InChI=1S/C7H10NO.Rb/c1-5(2)7-6(3)4-8-9-7;/h5H,1-3H3;/q-1;+1. The van der Waals surface area contributed by atoms with E-state index in [0.29, 0.717) is 5.92 Å². The van der Waals surface area contributed by atoms with Gasteiger partial charge in [0.05, 0.1) is 0 Å². The van der Waals surface area contributed by atoms with Crippen LogP contribution in [-0.4, -0.2) is 5.16 Å². The average Bonchev–Trinajstić information content (AvgIpc) is 2.13. The Kier molecular flexibility index (Phi) is 5.29. The van der Waals surface area contributed by atoms with Gasteiger partial charge in [-0.25, -0.2) is 5.16 Å². The van der Waals surface area contributed by atoms with Crippen LogP contribution in [-0.2, 0) is 0 Å². The summed E-state index contributed by atoms with van der Waals surface area (Å²) in [6, 6.07) is 0. The van der Waals surface area contributed by atoms with Gasteiger partial charge in [-0.15, -0.1) is 0 Å². The van der Waals surface area contributed by atoms with Gasteiger partial charge in [-0.05, 0) is 5.76 Å². The van der Waals surface area contributed by atoms with Crippen molar-refractivity contribution in [2.24, 2.45) is 0 Å². The van der Waals surface area contributed by atoms with E-state index in [1.165, 1.54) is 0 Å². The van der Waals surface area contributed by atoms with Crippen molar-refractivity contribution in [2.75, 3.05) is 0 Å². The third-order valence-corrected chi connectivity index (χ3v) is 1.25. The molecular formula is C7H10NORb. The SMILES string of the molecule is Cc1[c-]noc1C(C)C.[Rb+]. The van der Waals surface area contributed by atoms with Gasteiger partial charge >= 0.3 is 58.2 Å². The second-order valence-corrected chi connectivity index (χ2v) is 2.44. The van der Waals surface area contributed by atoms with Crippen LogP contribution in [0.1, 0.15) is 31.1 Å². The van der Waals surface area contributed by atoms with Gasteiger partial charge in [0.1, 0.15) is 0 Å². The van der Waals surface area contributed by atoms with E-state index in [1.807, 2.05) is 6.92 Å². The van der Waals surface area contributed by atoms with E-state index < -0.39 is 0 Å². The summed E-state index contributed by atoms with van der Waals surface area (Å²) >= 11 is 0. The number of aryl methyl sites for hydroxylation is 1. The Hall–Kier alpha value is 1.02. The summed E-state index contributed by atoms with van der Waals surface area (Å²) in [5, 5.41) is 3.54. The molecule has 50 valence electrons. The van der Waals surface area contributed by atoms with Gasteiger partial charge in [0, 0.05) is 0 Å². The fraction of sp³-hybridized carbons (Fsp3) is 0.571. The number of nitrogens with zero attached hydrogens (tertiary/aromatic N) is 1. The molecule has 0 aliphatic carbocycles. The minimum absolute atomic E-state index is 0. The van der Waals surface area contributed by atoms with Crippen LogP contribution in [0.25, 0.3) is 0 Å². The average molecular weight is 210 g/mol. The van der Waals surface area contributed by atoms with Crippen molar-refractivity contribution >= 4 is 0 Å². The Bertz CT molecular complexity index is 195. The molecule has 1 aromatic heterocycles. The first-order valence-electron chi connectivity index (χ1n) is 3.05. The smallest absolute Gasteiger partial charge is 0.470 e. The first kappa shape index (κ1) is 11.0. The van der Waals surface area contributed by atoms with E-state index in [0.717, 1.165) is 11.3 Å². The third-order valence-electron chi connectivity index (χ3n) is 1.25. The van der Waals surface area contributed by atoms with Crippen molar-refractivity contribution in [1.29, 1.82) is 0 Å². The van der Waals surface area contributed by atoms with Crippen LogP contribution in [0.5, 0.6) is 0 Å². The molecule has 0 N–H and O–H groups in total. The summed E-state index contributed by atoms with van der Waals surface area (Å²) < 4.78 is 4.92. The van der Waals surface area contributed by atoms with Gasteiger partial charge in [0.2, 0.25) is 0 Å². The number of aromatic nitrogens is 1. The maximum Gasteiger partial charge on any atom is 1.00 e. The van der Waals surface area contributed by atoms with Gasteiger partial charge in [-0.2, -0.15) is 5.56 Å². The van der Waals surface area contributed by atoms with Crippen molar-refractivity contribution in [3.05, 3.63) is 17.5 Å². The van der Waals surface area contributed by atoms with Crippen molar-refractivity contribution in [3.63, 3.8) is 0 Å². The minimum atomic E-state index is 0. The number of rotatable bonds is 1. The first-order chi connectivity index (χ1) is 4.22. The number of hydrogen-bond donors (Lipinski definition) is 0. The van der Waals surface area contributed by atoms with Crippen LogP contribution >= 0.6 is 0 Å². The van der Waals surface area contributed by atoms with Crippen LogP contribution in [0.4, 0.5) is 0 Å². The molecule has 0 atom stereocenters. The monoisotopic (exact) mass is 209 g/mol. The van der Waals surface area contributed by atoms with E-state index in [9.17, 15) is 0 Å². The summed E-state index contributed by atoms with van der Waals surface area (Å²) in [4.78, 5) is 0. The third kappa shape index (κ3) is 2.57. The van der Waals surface area contributed by atoms with Crippen LogP contribution in [0, 0.1) is 13.1 Å². The molecule has 3 heteroatoms. The Morgan fingerprint density at radius 3 is 2.30 bits per heavy atom. The molecule has 0 radical (unpaired) electrons. The van der Waals surface area contributed by atoms with Crippen LogP contribution in [0.3, 0.4) is 0 Å². The van der Waals surface area contributed by atoms with Gasteiger partial charge < -0.3 is 4.52 Å². The molecule has 1 aromatic rings. The molecule has 0 spiro atoms. The van der Waals surface area contributed by atoms with Gasteiger partial charge in [-0.1, -0.05) is 32.9 Å². The summed E-state index contributed by atoms with van der Waals surface area (Å²) in [5.41, 5.74) is 1.02. The zero-order valence-corrected chi connectivity index (χ0v) is 11.8. The van der Waals surface area contributed by atoms with Crippen LogP contribution in [0.15, 0.2) is 4.52 Å². The molecule has 1 heterocycles. The van der Waals surface area contributed by atoms with Crippen molar-refractivity contribution in [3.8, 4) is 0 Å². The summed E-state index contributed by atoms with van der Waals surface area (Å²) in [6.45, 7) is 6.09.